The Bertz CT molecular complexity index is 999. The van der Waals surface area contributed by atoms with Crippen LogP contribution in [-0.2, 0) is 11.0 Å². The number of alkyl halides is 3. The van der Waals surface area contributed by atoms with E-state index in [1.54, 1.807) is 7.11 Å². The molecule has 0 aromatic heterocycles. The largest absolute Gasteiger partial charge is 0.497 e. The Labute approximate surface area is 177 Å². The fourth-order valence-corrected chi connectivity index (χ4v) is 3.90. The number of likely N-dealkylation sites (tertiary alicyclic amines) is 1. The van der Waals surface area contributed by atoms with Crippen molar-refractivity contribution in [3.8, 4) is 5.75 Å². The Morgan fingerprint density at radius 1 is 1.16 bits per heavy atom. The highest BCUT2D eigenvalue weighted by molar-refractivity contribution is 6.02. The summed E-state index contributed by atoms with van der Waals surface area (Å²) in [7, 11) is 1.60. The third kappa shape index (κ3) is 4.45. The number of nitrogens with zero attached hydrogens (tertiary/aromatic N) is 2. The molecule has 2 aromatic carbocycles. The van der Waals surface area contributed by atoms with Crippen LogP contribution in [0.1, 0.15) is 30.4 Å². The Morgan fingerprint density at radius 2 is 1.90 bits per heavy atom. The third-order valence-corrected chi connectivity index (χ3v) is 5.68. The molecule has 1 fully saturated rings. The molecule has 1 N–H and O–H groups in total. The number of methoxy groups -OCH3 is 1. The Kier molecular flexibility index (Phi) is 5.51. The van der Waals surface area contributed by atoms with Crippen molar-refractivity contribution in [3.63, 3.8) is 0 Å². The molecule has 2 aliphatic rings. The van der Waals surface area contributed by atoms with Gasteiger partial charge < -0.3 is 19.8 Å². The Hall–Kier alpha value is -3.23. The SMILES string of the molecule is COc1cccc(C2=NOC3(CCN(C(=O)Nc4ccccc4C(F)(F)F)CC3)C2)c1. The number of hydrogen-bond donors (Lipinski definition) is 1. The van der Waals surface area contributed by atoms with E-state index in [4.69, 9.17) is 9.57 Å². The molecule has 0 atom stereocenters. The first-order valence-electron chi connectivity index (χ1n) is 9.91. The molecule has 2 heterocycles. The molecule has 31 heavy (non-hydrogen) atoms. The van der Waals surface area contributed by atoms with Crippen molar-refractivity contribution in [1.29, 1.82) is 0 Å². The molecule has 6 nitrogen and oxygen atoms in total. The second-order valence-corrected chi connectivity index (χ2v) is 7.68. The summed E-state index contributed by atoms with van der Waals surface area (Å²) < 4.78 is 44.7. The van der Waals surface area contributed by atoms with Crippen LogP contribution in [0.25, 0.3) is 0 Å². The minimum absolute atomic E-state index is 0.249. The highest BCUT2D eigenvalue weighted by Crippen LogP contribution is 2.37. The van der Waals surface area contributed by atoms with Gasteiger partial charge in [-0.1, -0.05) is 29.4 Å². The molecular weight excluding hydrogens is 411 g/mol. The number of rotatable bonds is 3. The van der Waals surface area contributed by atoms with Gasteiger partial charge in [0.25, 0.3) is 0 Å². The summed E-state index contributed by atoms with van der Waals surface area (Å²) in [5, 5.41) is 6.65. The molecule has 0 radical (unpaired) electrons. The third-order valence-electron chi connectivity index (χ3n) is 5.68. The summed E-state index contributed by atoms with van der Waals surface area (Å²) in [5.74, 6) is 0.728. The van der Waals surface area contributed by atoms with E-state index in [2.05, 4.69) is 10.5 Å². The van der Waals surface area contributed by atoms with E-state index in [1.807, 2.05) is 24.3 Å². The number of amides is 2. The van der Waals surface area contributed by atoms with Crippen molar-refractivity contribution in [2.24, 2.45) is 5.16 Å². The van der Waals surface area contributed by atoms with Crippen molar-refractivity contribution < 1.29 is 27.5 Å². The number of carbonyl (C=O) groups is 1. The van der Waals surface area contributed by atoms with Crippen LogP contribution in [-0.4, -0.2) is 42.4 Å². The number of urea groups is 1. The molecule has 9 heteroatoms. The molecule has 2 aliphatic heterocycles. The van der Waals surface area contributed by atoms with Gasteiger partial charge in [0, 0.05) is 37.9 Å². The van der Waals surface area contributed by atoms with Gasteiger partial charge in [-0.2, -0.15) is 13.2 Å². The van der Waals surface area contributed by atoms with Crippen LogP contribution < -0.4 is 10.1 Å². The molecule has 1 spiro atoms. The minimum Gasteiger partial charge on any atom is -0.497 e. The predicted molar refractivity (Wildman–Crippen MR) is 109 cm³/mol. The molecule has 4 rings (SSSR count). The molecule has 2 aromatic rings. The van der Waals surface area contributed by atoms with Crippen molar-refractivity contribution in [1.82, 2.24) is 4.90 Å². The van der Waals surface area contributed by atoms with Crippen molar-refractivity contribution in [3.05, 3.63) is 59.7 Å². The number of piperidine rings is 1. The lowest BCUT2D eigenvalue weighted by atomic mass is 9.85. The van der Waals surface area contributed by atoms with E-state index in [-0.39, 0.29) is 5.69 Å². The summed E-state index contributed by atoms with van der Waals surface area (Å²) in [6, 6.07) is 12.0. The highest BCUT2D eigenvalue weighted by Gasteiger charge is 2.43. The summed E-state index contributed by atoms with van der Waals surface area (Å²) in [4.78, 5) is 19.8. The fraction of sp³-hybridized carbons (Fsp3) is 0.364. The normalized spacial score (nSPS) is 17.8. The average Bonchev–Trinajstić information content (AvgIpc) is 3.17. The van der Waals surface area contributed by atoms with Crippen LogP contribution in [0.3, 0.4) is 0 Å². The molecular formula is C22H22F3N3O3. The fourth-order valence-electron chi connectivity index (χ4n) is 3.90. The molecule has 1 saturated heterocycles. The number of benzene rings is 2. The zero-order valence-electron chi connectivity index (χ0n) is 16.9. The summed E-state index contributed by atoms with van der Waals surface area (Å²) in [5.41, 5.74) is 0.114. The number of oxime groups is 1. The molecule has 0 unspecified atom stereocenters. The molecule has 2 amide bonds. The van der Waals surface area contributed by atoms with Gasteiger partial charge in [0.15, 0.2) is 0 Å². The number of hydrogen-bond acceptors (Lipinski definition) is 4. The lowest BCUT2D eigenvalue weighted by molar-refractivity contribution is -0.136. The first-order chi connectivity index (χ1) is 14.8. The van der Waals surface area contributed by atoms with E-state index >= 15 is 0 Å². The first-order valence-corrected chi connectivity index (χ1v) is 9.91. The maximum Gasteiger partial charge on any atom is 0.418 e. The van der Waals surface area contributed by atoms with Crippen LogP contribution in [0.2, 0.25) is 0 Å². The quantitative estimate of drug-likeness (QED) is 0.749. The van der Waals surface area contributed by atoms with Gasteiger partial charge in [-0.3, -0.25) is 0 Å². The Morgan fingerprint density at radius 3 is 2.61 bits per heavy atom. The maximum atomic E-state index is 13.2. The predicted octanol–water partition coefficient (Wildman–Crippen LogP) is 4.91. The number of para-hydroxylation sites is 1. The van der Waals surface area contributed by atoms with Gasteiger partial charge in [0.05, 0.1) is 24.1 Å². The minimum atomic E-state index is -4.54. The molecule has 0 saturated carbocycles. The van der Waals surface area contributed by atoms with Crippen LogP contribution in [0.4, 0.5) is 23.7 Å². The standard InChI is InChI=1S/C22H22F3N3O3/c1-30-16-6-4-5-15(13-16)19-14-21(31-27-19)9-11-28(12-10-21)20(29)26-18-8-3-2-7-17(18)22(23,24)25/h2-8,13H,9-12,14H2,1H3,(H,26,29). The molecule has 0 bridgehead atoms. The first kappa shape index (κ1) is 21.0. The summed E-state index contributed by atoms with van der Waals surface area (Å²) in [6.45, 7) is 0.724. The number of nitrogens with one attached hydrogen (secondary N) is 1. The van der Waals surface area contributed by atoms with Gasteiger partial charge in [-0.05, 0) is 24.3 Å². The number of anilines is 1. The number of ether oxygens (including phenoxy) is 1. The maximum absolute atomic E-state index is 13.2. The molecule has 164 valence electrons. The van der Waals surface area contributed by atoms with Crippen LogP contribution >= 0.6 is 0 Å². The van der Waals surface area contributed by atoms with Gasteiger partial charge in [0.1, 0.15) is 11.4 Å². The second-order valence-electron chi connectivity index (χ2n) is 7.68. The average molecular weight is 433 g/mol. The van der Waals surface area contributed by atoms with E-state index in [0.29, 0.717) is 32.4 Å². The number of halogens is 3. The van der Waals surface area contributed by atoms with E-state index in [0.717, 1.165) is 23.1 Å². The van der Waals surface area contributed by atoms with Crippen LogP contribution in [0.15, 0.2) is 53.7 Å². The lowest BCUT2D eigenvalue weighted by Gasteiger charge is -2.37. The molecule has 0 aliphatic carbocycles. The van der Waals surface area contributed by atoms with E-state index < -0.39 is 23.4 Å². The van der Waals surface area contributed by atoms with Gasteiger partial charge in [-0.25, -0.2) is 4.79 Å². The summed E-state index contributed by atoms with van der Waals surface area (Å²) in [6.07, 6.45) is -2.86. The van der Waals surface area contributed by atoms with E-state index in [9.17, 15) is 18.0 Å². The summed E-state index contributed by atoms with van der Waals surface area (Å²) >= 11 is 0. The van der Waals surface area contributed by atoms with Gasteiger partial charge in [-0.15, -0.1) is 0 Å². The number of carbonyl (C=O) groups excluding carboxylic acids is 1. The Balaban J connectivity index is 1.37. The smallest absolute Gasteiger partial charge is 0.418 e. The van der Waals surface area contributed by atoms with Crippen molar-refractivity contribution in [2.75, 3.05) is 25.5 Å². The lowest BCUT2D eigenvalue weighted by Crippen LogP contribution is -2.48. The van der Waals surface area contributed by atoms with Crippen molar-refractivity contribution in [2.45, 2.75) is 31.0 Å². The second kappa shape index (κ2) is 8.13. The zero-order chi connectivity index (χ0) is 22.1. The van der Waals surface area contributed by atoms with Crippen LogP contribution in [0.5, 0.6) is 5.75 Å². The topological polar surface area (TPSA) is 63.2 Å². The van der Waals surface area contributed by atoms with Crippen LogP contribution in [0, 0.1) is 0 Å². The highest BCUT2D eigenvalue weighted by atomic mass is 19.4. The van der Waals surface area contributed by atoms with Crippen molar-refractivity contribution >= 4 is 17.4 Å². The van der Waals surface area contributed by atoms with Gasteiger partial charge >= 0.3 is 12.2 Å². The van der Waals surface area contributed by atoms with Gasteiger partial charge in [0.2, 0.25) is 0 Å². The van der Waals surface area contributed by atoms with E-state index in [1.165, 1.54) is 23.1 Å². The monoisotopic (exact) mass is 433 g/mol. The zero-order valence-corrected chi connectivity index (χ0v) is 16.9.